The highest BCUT2D eigenvalue weighted by molar-refractivity contribution is 5.96. The van der Waals surface area contributed by atoms with Gasteiger partial charge in [0.15, 0.2) is 5.76 Å². The summed E-state index contributed by atoms with van der Waals surface area (Å²) >= 11 is 0. The van der Waals surface area contributed by atoms with Crippen molar-refractivity contribution in [1.29, 1.82) is 0 Å². The minimum atomic E-state index is -0.743. The summed E-state index contributed by atoms with van der Waals surface area (Å²) in [7, 11) is 0. The second-order valence-electron chi connectivity index (χ2n) is 6.52. The molecule has 0 bridgehead atoms. The largest absolute Gasteiger partial charge is 0.451 e. The predicted molar refractivity (Wildman–Crippen MR) is 89.7 cm³/mol. The second-order valence-corrected chi connectivity index (χ2v) is 6.52. The van der Waals surface area contributed by atoms with Gasteiger partial charge in [-0.3, -0.25) is 9.59 Å². The van der Waals surface area contributed by atoms with Crippen LogP contribution in [0.3, 0.4) is 0 Å². The van der Waals surface area contributed by atoms with Crippen LogP contribution in [-0.4, -0.2) is 31.6 Å². The molecule has 1 aromatic heterocycles. The van der Waals surface area contributed by atoms with Crippen LogP contribution in [0.5, 0.6) is 0 Å². The van der Waals surface area contributed by atoms with E-state index >= 15 is 0 Å². The van der Waals surface area contributed by atoms with Gasteiger partial charge >= 0.3 is 0 Å². The highest BCUT2D eigenvalue weighted by atomic mass is 16.5. The summed E-state index contributed by atoms with van der Waals surface area (Å²) in [6.07, 6.45) is 1.03. The van der Waals surface area contributed by atoms with E-state index in [-0.39, 0.29) is 18.2 Å². The molecule has 6 heteroatoms. The van der Waals surface area contributed by atoms with Gasteiger partial charge in [-0.15, -0.1) is 0 Å². The van der Waals surface area contributed by atoms with Crippen molar-refractivity contribution in [3.63, 3.8) is 0 Å². The molecule has 0 spiro atoms. The number of furan rings is 1. The van der Waals surface area contributed by atoms with Crippen molar-refractivity contribution in [2.75, 3.05) is 19.8 Å². The highest BCUT2D eigenvalue weighted by Gasteiger charge is 2.38. The summed E-state index contributed by atoms with van der Waals surface area (Å²) in [4.78, 5) is 24.2. The third kappa shape index (κ3) is 3.01. The van der Waals surface area contributed by atoms with Crippen LogP contribution in [-0.2, 0) is 9.53 Å². The van der Waals surface area contributed by atoms with Crippen LogP contribution in [0.15, 0.2) is 22.6 Å². The van der Waals surface area contributed by atoms with Crippen LogP contribution in [0.25, 0.3) is 11.0 Å². The second kappa shape index (κ2) is 6.28. The fourth-order valence-electron chi connectivity index (χ4n) is 3.02. The van der Waals surface area contributed by atoms with E-state index in [4.69, 9.17) is 14.9 Å². The molecule has 0 aliphatic carbocycles. The Morgan fingerprint density at radius 1 is 1.17 bits per heavy atom. The lowest BCUT2D eigenvalue weighted by atomic mass is 9.79. The lowest BCUT2D eigenvalue weighted by Gasteiger charge is -2.34. The molecule has 1 aliphatic heterocycles. The molecule has 0 unspecified atom stereocenters. The minimum absolute atomic E-state index is 0.194. The zero-order valence-corrected chi connectivity index (χ0v) is 14.0. The van der Waals surface area contributed by atoms with Crippen molar-refractivity contribution in [1.82, 2.24) is 5.32 Å². The first-order chi connectivity index (χ1) is 11.4. The van der Waals surface area contributed by atoms with Crippen molar-refractivity contribution in [3.8, 4) is 0 Å². The van der Waals surface area contributed by atoms with E-state index in [1.807, 2.05) is 26.0 Å². The van der Waals surface area contributed by atoms with Crippen LogP contribution >= 0.6 is 0 Å². The Kier molecular flexibility index (Phi) is 4.32. The Bertz CT molecular complexity index is 749. The zero-order chi connectivity index (χ0) is 17.3. The van der Waals surface area contributed by atoms with Gasteiger partial charge < -0.3 is 20.2 Å². The van der Waals surface area contributed by atoms with E-state index in [0.29, 0.717) is 31.6 Å². The predicted octanol–water partition coefficient (Wildman–Crippen LogP) is 2.06. The van der Waals surface area contributed by atoms with Crippen LogP contribution in [0, 0.1) is 19.3 Å². The van der Waals surface area contributed by atoms with Gasteiger partial charge in [0, 0.05) is 25.1 Å². The number of hydrogen-bond acceptors (Lipinski definition) is 4. The number of fused-ring (bicyclic) bond motifs is 1. The van der Waals surface area contributed by atoms with Crippen molar-refractivity contribution in [3.05, 3.63) is 35.1 Å². The minimum Gasteiger partial charge on any atom is -0.451 e. The summed E-state index contributed by atoms with van der Waals surface area (Å²) in [6, 6.07) is 5.64. The third-order valence-electron chi connectivity index (χ3n) is 4.92. The monoisotopic (exact) mass is 330 g/mol. The van der Waals surface area contributed by atoms with E-state index in [0.717, 1.165) is 16.5 Å². The molecule has 2 heterocycles. The summed E-state index contributed by atoms with van der Waals surface area (Å²) in [6.45, 7) is 5.16. The van der Waals surface area contributed by atoms with Gasteiger partial charge in [-0.1, -0.05) is 0 Å². The van der Waals surface area contributed by atoms with Gasteiger partial charge in [-0.05, 0) is 56.0 Å². The molecule has 24 heavy (non-hydrogen) atoms. The number of benzene rings is 1. The molecular weight excluding hydrogens is 308 g/mol. The van der Waals surface area contributed by atoms with Crippen molar-refractivity contribution >= 4 is 22.8 Å². The van der Waals surface area contributed by atoms with Gasteiger partial charge in [0.25, 0.3) is 5.91 Å². The summed E-state index contributed by atoms with van der Waals surface area (Å²) in [5.74, 6) is -0.503. The molecule has 3 rings (SSSR count). The van der Waals surface area contributed by atoms with Gasteiger partial charge in [-0.2, -0.15) is 0 Å². The van der Waals surface area contributed by atoms with E-state index in [9.17, 15) is 9.59 Å². The lowest BCUT2D eigenvalue weighted by molar-refractivity contribution is -0.132. The van der Waals surface area contributed by atoms with Crippen molar-refractivity contribution in [2.24, 2.45) is 11.1 Å². The average Bonchev–Trinajstić information content (AvgIpc) is 2.96. The summed E-state index contributed by atoms with van der Waals surface area (Å²) in [5, 5.41) is 3.68. The van der Waals surface area contributed by atoms with E-state index in [1.165, 1.54) is 0 Å². The molecule has 1 fully saturated rings. The number of aryl methyl sites for hydroxylation is 2. The number of carbonyl (C=O) groups is 2. The Morgan fingerprint density at radius 3 is 2.50 bits per heavy atom. The number of ether oxygens (including phenoxy) is 1. The fraction of sp³-hybridized carbons (Fsp3) is 0.444. The molecule has 6 nitrogen and oxygen atoms in total. The Labute approximate surface area is 140 Å². The number of hydrogen-bond donors (Lipinski definition) is 2. The Balaban J connectivity index is 1.76. The molecule has 0 radical (unpaired) electrons. The number of nitrogens with one attached hydrogen (secondary N) is 1. The number of carbonyl (C=O) groups excluding carboxylic acids is 2. The van der Waals surface area contributed by atoms with Gasteiger partial charge in [0.2, 0.25) is 5.91 Å². The maximum Gasteiger partial charge on any atom is 0.287 e. The highest BCUT2D eigenvalue weighted by Crippen LogP contribution is 2.29. The molecule has 2 aromatic rings. The molecular formula is C18H22N2O4. The normalized spacial score (nSPS) is 16.9. The first kappa shape index (κ1) is 16.5. The van der Waals surface area contributed by atoms with Crippen LogP contribution in [0.4, 0.5) is 0 Å². The first-order valence-corrected chi connectivity index (χ1v) is 8.08. The quantitative estimate of drug-likeness (QED) is 0.897. The molecule has 1 saturated heterocycles. The SMILES string of the molecule is Cc1cc2cc(C(=O)NCC3(C(N)=O)CCOCC3)oc2cc1C. The summed E-state index contributed by atoms with van der Waals surface area (Å²) in [5.41, 5.74) is 7.74. The zero-order valence-electron chi connectivity index (χ0n) is 14.0. The first-order valence-electron chi connectivity index (χ1n) is 8.08. The number of rotatable bonds is 4. The smallest absolute Gasteiger partial charge is 0.287 e. The Hall–Kier alpha value is -2.34. The van der Waals surface area contributed by atoms with Crippen molar-refractivity contribution in [2.45, 2.75) is 26.7 Å². The topological polar surface area (TPSA) is 94.6 Å². The standard InChI is InChI=1S/C18H22N2O4/c1-11-7-13-9-15(24-14(13)8-12(11)2)16(21)20-10-18(17(19)22)3-5-23-6-4-18/h7-9H,3-6,10H2,1-2H3,(H2,19,22)(H,20,21). The van der Waals surface area contributed by atoms with Gasteiger partial charge in [0.1, 0.15) is 5.58 Å². The lowest BCUT2D eigenvalue weighted by Crippen LogP contribution is -2.49. The molecule has 1 aliphatic rings. The maximum atomic E-state index is 12.4. The van der Waals surface area contributed by atoms with Crippen LogP contribution < -0.4 is 11.1 Å². The van der Waals surface area contributed by atoms with E-state index in [2.05, 4.69) is 5.32 Å². The molecule has 3 N–H and O–H groups in total. The average molecular weight is 330 g/mol. The Morgan fingerprint density at radius 2 is 1.83 bits per heavy atom. The van der Waals surface area contributed by atoms with Crippen molar-refractivity contribution < 1.29 is 18.7 Å². The molecule has 128 valence electrons. The van der Waals surface area contributed by atoms with Gasteiger partial charge in [0.05, 0.1) is 5.41 Å². The molecule has 1 aromatic carbocycles. The molecule has 2 amide bonds. The van der Waals surface area contributed by atoms with Gasteiger partial charge in [-0.25, -0.2) is 0 Å². The molecule has 0 saturated carbocycles. The van der Waals surface area contributed by atoms with E-state index in [1.54, 1.807) is 6.07 Å². The van der Waals surface area contributed by atoms with Crippen LogP contribution in [0.2, 0.25) is 0 Å². The van der Waals surface area contributed by atoms with Crippen LogP contribution in [0.1, 0.15) is 34.5 Å². The fourth-order valence-corrected chi connectivity index (χ4v) is 3.02. The number of nitrogens with two attached hydrogens (primary N) is 1. The maximum absolute atomic E-state index is 12.4. The third-order valence-corrected chi connectivity index (χ3v) is 4.92. The van der Waals surface area contributed by atoms with E-state index < -0.39 is 11.3 Å². The molecule has 0 atom stereocenters. The summed E-state index contributed by atoms with van der Waals surface area (Å²) < 4.78 is 10.9. The number of primary amides is 1. The number of amides is 2.